The van der Waals surface area contributed by atoms with Crippen LogP contribution in [0.15, 0.2) is 42.6 Å². The maximum absolute atomic E-state index is 13.5. The first-order chi connectivity index (χ1) is 14.2. The second-order valence-corrected chi connectivity index (χ2v) is 9.18. The molecular weight excluding hydrogens is 378 g/mol. The van der Waals surface area contributed by atoms with Crippen molar-refractivity contribution in [3.63, 3.8) is 0 Å². The Bertz CT molecular complexity index is 1060. The number of nitrogens with zero attached hydrogens (tertiary/aromatic N) is 2. The third-order valence-electron chi connectivity index (χ3n) is 6.34. The number of benzene rings is 1. The maximum atomic E-state index is 13.5. The summed E-state index contributed by atoms with van der Waals surface area (Å²) in [7, 11) is 0. The third kappa shape index (κ3) is 3.08. The molecule has 0 radical (unpaired) electrons. The minimum Gasteiger partial charge on any atom is -0.312 e. The van der Waals surface area contributed by atoms with Crippen molar-refractivity contribution in [3.8, 4) is 5.00 Å². The van der Waals surface area contributed by atoms with Crippen LogP contribution in [0.1, 0.15) is 59.5 Å². The second kappa shape index (κ2) is 7.38. The molecule has 1 aliphatic carbocycles. The molecule has 0 bridgehead atoms. The standard InChI is InChI=1S/C24H27N3OS/c1-3-20-21-12-8-14-26(21)23-18(17-10-5-7-13-22(17)29-23)15-27(20)24(28)25-19-11-6-4-9-16(19)2/h4,6,8-9,11-12,14,20H,3,5,7,10,13,15H2,1-2H3,(H,25,28)/t20-/m1/s1. The Morgan fingerprint density at radius 2 is 1.97 bits per heavy atom. The van der Waals surface area contributed by atoms with E-state index in [0.29, 0.717) is 6.54 Å². The number of aryl methyl sites for hydroxylation is 2. The normalized spacial score (nSPS) is 17.9. The first-order valence-electron chi connectivity index (χ1n) is 10.6. The van der Waals surface area contributed by atoms with Gasteiger partial charge in [0.2, 0.25) is 0 Å². The largest absolute Gasteiger partial charge is 0.322 e. The summed E-state index contributed by atoms with van der Waals surface area (Å²) in [6, 6.07) is 12.3. The lowest BCUT2D eigenvalue weighted by molar-refractivity contribution is 0.181. The fourth-order valence-corrected chi connectivity index (χ4v) is 6.21. The Balaban J connectivity index is 1.58. The highest BCUT2D eigenvalue weighted by Crippen LogP contribution is 2.43. The van der Waals surface area contributed by atoms with Crippen LogP contribution in [0, 0.1) is 6.92 Å². The summed E-state index contributed by atoms with van der Waals surface area (Å²) in [6.45, 7) is 4.89. The number of hydrogen-bond donors (Lipinski definition) is 1. The number of nitrogens with one attached hydrogen (secondary N) is 1. The van der Waals surface area contributed by atoms with Crippen LogP contribution in [0.4, 0.5) is 10.5 Å². The highest BCUT2D eigenvalue weighted by Gasteiger charge is 2.34. The van der Waals surface area contributed by atoms with Gasteiger partial charge in [-0.2, -0.15) is 0 Å². The molecule has 3 heterocycles. The maximum Gasteiger partial charge on any atom is 0.322 e. The molecule has 1 atom stereocenters. The molecule has 0 saturated heterocycles. The number of fused-ring (bicyclic) bond motifs is 5. The molecule has 5 heteroatoms. The fraction of sp³-hybridized carbons (Fsp3) is 0.375. The van der Waals surface area contributed by atoms with Gasteiger partial charge in [-0.1, -0.05) is 25.1 Å². The van der Waals surface area contributed by atoms with Crippen LogP contribution in [0.5, 0.6) is 0 Å². The molecule has 2 aliphatic rings. The van der Waals surface area contributed by atoms with Gasteiger partial charge in [-0.05, 0) is 68.4 Å². The van der Waals surface area contributed by atoms with Gasteiger partial charge < -0.3 is 14.8 Å². The molecule has 1 aliphatic heterocycles. The Hall–Kier alpha value is -2.53. The Labute approximate surface area is 176 Å². The van der Waals surface area contributed by atoms with Gasteiger partial charge in [-0.15, -0.1) is 11.3 Å². The number of amides is 2. The highest BCUT2D eigenvalue weighted by molar-refractivity contribution is 7.15. The number of para-hydroxylation sites is 1. The van der Waals surface area contributed by atoms with Crippen molar-refractivity contribution in [1.29, 1.82) is 0 Å². The summed E-state index contributed by atoms with van der Waals surface area (Å²) < 4.78 is 2.34. The van der Waals surface area contributed by atoms with Crippen LogP contribution < -0.4 is 5.32 Å². The molecular formula is C24H27N3OS. The third-order valence-corrected chi connectivity index (χ3v) is 7.67. The van der Waals surface area contributed by atoms with Crippen LogP contribution in [-0.4, -0.2) is 15.5 Å². The summed E-state index contributed by atoms with van der Waals surface area (Å²) in [5.41, 5.74) is 6.05. The first kappa shape index (κ1) is 18.5. The zero-order chi connectivity index (χ0) is 20.0. The van der Waals surface area contributed by atoms with Gasteiger partial charge in [0.05, 0.1) is 12.6 Å². The molecule has 1 aromatic carbocycles. The van der Waals surface area contributed by atoms with Crippen LogP contribution >= 0.6 is 11.3 Å². The Morgan fingerprint density at radius 3 is 2.79 bits per heavy atom. The molecule has 2 amide bonds. The van der Waals surface area contributed by atoms with Gasteiger partial charge in [0, 0.05) is 28.0 Å². The monoisotopic (exact) mass is 405 g/mol. The van der Waals surface area contributed by atoms with E-state index in [-0.39, 0.29) is 12.1 Å². The predicted molar refractivity (Wildman–Crippen MR) is 119 cm³/mol. The van der Waals surface area contributed by atoms with Gasteiger partial charge in [0.15, 0.2) is 0 Å². The van der Waals surface area contributed by atoms with Crippen molar-refractivity contribution in [2.24, 2.45) is 0 Å². The number of carbonyl (C=O) groups excluding carboxylic acids is 1. The minimum absolute atomic E-state index is 0.0116. The average Bonchev–Trinajstić information content (AvgIpc) is 3.32. The van der Waals surface area contributed by atoms with Crippen LogP contribution in [0.2, 0.25) is 0 Å². The highest BCUT2D eigenvalue weighted by atomic mass is 32.1. The lowest BCUT2D eigenvalue weighted by atomic mass is 9.95. The van der Waals surface area contributed by atoms with Gasteiger partial charge >= 0.3 is 6.03 Å². The number of carbonyl (C=O) groups is 1. The molecule has 2 aromatic heterocycles. The predicted octanol–water partition coefficient (Wildman–Crippen LogP) is 6.22. The van der Waals surface area contributed by atoms with E-state index in [1.165, 1.54) is 46.0 Å². The van der Waals surface area contributed by atoms with E-state index in [2.05, 4.69) is 35.1 Å². The zero-order valence-corrected chi connectivity index (χ0v) is 17.9. The number of rotatable bonds is 2. The van der Waals surface area contributed by atoms with Crippen LogP contribution in [0.25, 0.3) is 5.00 Å². The minimum atomic E-state index is -0.0116. The van der Waals surface area contributed by atoms with Gasteiger partial charge in [-0.3, -0.25) is 0 Å². The van der Waals surface area contributed by atoms with E-state index in [1.54, 1.807) is 0 Å². The molecule has 0 saturated carbocycles. The topological polar surface area (TPSA) is 37.3 Å². The number of aromatic nitrogens is 1. The Morgan fingerprint density at radius 1 is 1.14 bits per heavy atom. The zero-order valence-electron chi connectivity index (χ0n) is 17.1. The van der Waals surface area contributed by atoms with Gasteiger partial charge in [0.1, 0.15) is 5.00 Å². The number of anilines is 1. The van der Waals surface area contributed by atoms with E-state index in [4.69, 9.17) is 0 Å². The van der Waals surface area contributed by atoms with Crippen molar-refractivity contribution < 1.29 is 4.79 Å². The first-order valence-corrected chi connectivity index (χ1v) is 11.4. The van der Waals surface area contributed by atoms with Crippen molar-refractivity contribution in [2.75, 3.05) is 5.32 Å². The molecule has 0 unspecified atom stereocenters. The van der Waals surface area contributed by atoms with Crippen molar-refractivity contribution >= 4 is 23.1 Å². The molecule has 1 N–H and O–H groups in total. The molecule has 150 valence electrons. The van der Waals surface area contributed by atoms with Gasteiger partial charge in [-0.25, -0.2) is 4.79 Å². The fourth-order valence-electron chi connectivity index (χ4n) is 4.81. The number of urea groups is 1. The molecule has 29 heavy (non-hydrogen) atoms. The van der Waals surface area contributed by atoms with E-state index >= 15 is 0 Å². The second-order valence-electron chi connectivity index (χ2n) is 8.09. The number of hydrogen-bond acceptors (Lipinski definition) is 2. The van der Waals surface area contributed by atoms with E-state index in [1.807, 2.05) is 47.4 Å². The molecule has 0 spiro atoms. The summed E-state index contributed by atoms with van der Waals surface area (Å²) in [6.07, 6.45) is 7.91. The van der Waals surface area contributed by atoms with Crippen molar-refractivity contribution in [2.45, 2.75) is 58.5 Å². The molecule has 4 nitrogen and oxygen atoms in total. The van der Waals surface area contributed by atoms with Crippen molar-refractivity contribution in [1.82, 2.24) is 9.47 Å². The Kier molecular flexibility index (Phi) is 4.70. The van der Waals surface area contributed by atoms with E-state index in [0.717, 1.165) is 24.1 Å². The van der Waals surface area contributed by atoms with Crippen LogP contribution in [0.3, 0.4) is 0 Å². The average molecular weight is 406 g/mol. The summed E-state index contributed by atoms with van der Waals surface area (Å²) in [4.78, 5) is 17.1. The molecule has 5 rings (SSSR count). The van der Waals surface area contributed by atoms with E-state index in [9.17, 15) is 4.79 Å². The lowest BCUT2D eigenvalue weighted by Gasteiger charge is -2.30. The summed E-state index contributed by atoms with van der Waals surface area (Å²) in [5, 5.41) is 4.50. The van der Waals surface area contributed by atoms with E-state index < -0.39 is 0 Å². The van der Waals surface area contributed by atoms with Gasteiger partial charge in [0.25, 0.3) is 0 Å². The lowest BCUT2D eigenvalue weighted by Crippen LogP contribution is -2.37. The summed E-state index contributed by atoms with van der Waals surface area (Å²) >= 11 is 1.94. The molecule has 0 fully saturated rings. The van der Waals surface area contributed by atoms with Crippen molar-refractivity contribution in [3.05, 3.63) is 69.9 Å². The van der Waals surface area contributed by atoms with Crippen LogP contribution in [-0.2, 0) is 19.4 Å². The molecule has 3 aromatic rings. The summed E-state index contributed by atoms with van der Waals surface area (Å²) in [5.74, 6) is 0. The number of thiophene rings is 1. The quantitative estimate of drug-likeness (QED) is 0.539. The smallest absolute Gasteiger partial charge is 0.312 e. The SMILES string of the molecule is CC[C@@H]1c2cccn2-c2sc3c(c2CN1C(=O)Nc1ccccc1C)CCCC3.